The number of hydrogen-bond donors (Lipinski definition) is 0. The first-order valence-electron chi connectivity index (χ1n) is 5.93. The maximum Gasteiger partial charge on any atom is 0.159 e. The van der Waals surface area contributed by atoms with E-state index in [1.54, 1.807) is 0 Å². The van der Waals surface area contributed by atoms with Gasteiger partial charge in [0.25, 0.3) is 0 Å². The topological polar surface area (TPSA) is 29.0 Å². The average Bonchev–Trinajstić information content (AvgIpc) is 2.74. The van der Waals surface area contributed by atoms with Crippen LogP contribution >= 0.6 is 15.9 Å². The lowest BCUT2D eigenvalue weighted by atomic mass is 10.2. The summed E-state index contributed by atoms with van der Waals surface area (Å²) in [7, 11) is 0. The number of aromatic nitrogens is 2. The van der Waals surface area contributed by atoms with Gasteiger partial charge < -0.3 is 4.90 Å². The Labute approximate surface area is 109 Å². The summed E-state index contributed by atoms with van der Waals surface area (Å²) in [5.41, 5.74) is 0. The van der Waals surface area contributed by atoms with Crippen molar-refractivity contribution in [3.63, 3.8) is 0 Å². The molecule has 1 unspecified atom stereocenters. The lowest BCUT2D eigenvalue weighted by molar-refractivity contribution is 0.724. The lowest BCUT2D eigenvalue weighted by Crippen LogP contribution is -2.27. The van der Waals surface area contributed by atoms with Crippen molar-refractivity contribution >= 4 is 32.5 Å². The minimum absolute atomic E-state index is 0.568. The van der Waals surface area contributed by atoms with E-state index in [2.05, 4.69) is 56.2 Å². The Morgan fingerprint density at radius 2 is 2.29 bits per heavy atom. The van der Waals surface area contributed by atoms with Crippen LogP contribution in [0.25, 0.3) is 10.8 Å². The summed E-state index contributed by atoms with van der Waals surface area (Å²) in [5.74, 6) is 1.03. The van der Waals surface area contributed by atoms with Gasteiger partial charge in [-0.15, -0.1) is 5.10 Å². The summed E-state index contributed by atoms with van der Waals surface area (Å²) in [5, 5.41) is 10.8. The highest BCUT2D eigenvalue weighted by Gasteiger charge is 2.23. The van der Waals surface area contributed by atoms with E-state index >= 15 is 0 Å². The molecule has 0 N–H and O–H groups in total. The van der Waals surface area contributed by atoms with Gasteiger partial charge in [0.15, 0.2) is 5.82 Å². The van der Waals surface area contributed by atoms with E-state index in [-0.39, 0.29) is 0 Å². The lowest BCUT2D eigenvalue weighted by Gasteiger charge is -2.23. The highest BCUT2D eigenvalue weighted by Crippen LogP contribution is 2.30. The number of fused-ring (bicyclic) bond motifs is 1. The van der Waals surface area contributed by atoms with Crippen molar-refractivity contribution in [1.29, 1.82) is 0 Å². The first-order chi connectivity index (χ1) is 8.25. The van der Waals surface area contributed by atoms with Gasteiger partial charge in [0, 0.05) is 27.8 Å². The molecular weight excluding hydrogens is 278 g/mol. The van der Waals surface area contributed by atoms with Crippen molar-refractivity contribution in [3.05, 3.63) is 28.9 Å². The maximum atomic E-state index is 4.33. The second-order valence-electron chi connectivity index (χ2n) is 4.58. The molecule has 0 aliphatic carbocycles. The molecule has 1 aromatic carbocycles. The van der Waals surface area contributed by atoms with E-state index in [0.29, 0.717) is 6.04 Å². The van der Waals surface area contributed by atoms with Crippen LogP contribution in [0.5, 0.6) is 0 Å². The van der Waals surface area contributed by atoms with Crippen LogP contribution in [0, 0.1) is 0 Å². The largest absolute Gasteiger partial charge is 0.352 e. The van der Waals surface area contributed by atoms with Gasteiger partial charge in [0.1, 0.15) is 0 Å². The van der Waals surface area contributed by atoms with Crippen LogP contribution in [0.3, 0.4) is 0 Å². The molecule has 0 spiro atoms. The Morgan fingerprint density at radius 1 is 1.41 bits per heavy atom. The molecule has 1 saturated heterocycles. The molecule has 2 aromatic rings. The standard InChI is InChI=1S/C13H14BrN3/c1-9-3-2-6-17(9)13-12-5-4-11(14)7-10(12)8-15-16-13/h4-5,7-9H,2-3,6H2,1H3. The zero-order valence-electron chi connectivity index (χ0n) is 9.73. The average molecular weight is 292 g/mol. The Bertz CT molecular complexity index is 555. The van der Waals surface area contributed by atoms with Crippen LogP contribution in [0.2, 0.25) is 0 Å². The van der Waals surface area contributed by atoms with E-state index in [0.717, 1.165) is 22.2 Å². The molecule has 0 radical (unpaired) electrons. The minimum atomic E-state index is 0.568. The van der Waals surface area contributed by atoms with Crippen molar-refractivity contribution in [2.24, 2.45) is 0 Å². The number of anilines is 1. The minimum Gasteiger partial charge on any atom is -0.352 e. The number of hydrogen-bond acceptors (Lipinski definition) is 3. The quantitative estimate of drug-likeness (QED) is 0.807. The van der Waals surface area contributed by atoms with Crippen molar-refractivity contribution < 1.29 is 0 Å². The highest BCUT2D eigenvalue weighted by molar-refractivity contribution is 9.10. The zero-order valence-corrected chi connectivity index (χ0v) is 11.3. The molecule has 4 heteroatoms. The summed E-state index contributed by atoms with van der Waals surface area (Å²) in [4.78, 5) is 2.36. The van der Waals surface area contributed by atoms with Crippen LogP contribution in [0.1, 0.15) is 19.8 Å². The van der Waals surface area contributed by atoms with Crippen LogP contribution in [0.15, 0.2) is 28.9 Å². The van der Waals surface area contributed by atoms with Crippen molar-refractivity contribution in [2.75, 3.05) is 11.4 Å². The van der Waals surface area contributed by atoms with E-state index in [1.807, 2.05) is 6.20 Å². The Kier molecular flexibility index (Phi) is 2.74. The molecule has 0 bridgehead atoms. The van der Waals surface area contributed by atoms with Gasteiger partial charge in [0.05, 0.1) is 6.20 Å². The molecule has 1 fully saturated rings. The first-order valence-corrected chi connectivity index (χ1v) is 6.72. The van der Waals surface area contributed by atoms with Gasteiger partial charge in [-0.05, 0) is 38.0 Å². The second-order valence-corrected chi connectivity index (χ2v) is 5.50. The Balaban J connectivity index is 2.16. The number of halogens is 1. The summed E-state index contributed by atoms with van der Waals surface area (Å²) in [6, 6.07) is 6.84. The third kappa shape index (κ3) is 1.90. The van der Waals surface area contributed by atoms with Gasteiger partial charge in [-0.2, -0.15) is 5.10 Å². The number of benzene rings is 1. The molecule has 1 atom stereocenters. The van der Waals surface area contributed by atoms with Crippen LogP contribution in [0.4, 0.5) is 5.82 Å². The molecule has 0 saturated carbocycles. The molecule has 0 amide bonds. The SMILES string of the molecule is CC1CCCN1c1nncc2cc(Br)ccc12. The van der Waals surface area contributed by atoms with Gasteiger partial charge in [-0.3, -0.25) is 0 Å². The predicted octanol–water partition coefficient (Wildman–Crippen LogP) is 3.38. The molecule has 3 rings (SSSR count). The summed E-state index contributed by atoms with van der Waals surface area (Å²) < 4.78 is 1.08. The molecule has 1 aliphatic rings. The molecule has 1 aromatic heterocycles. The fourth-order valence-electron chi connectivity index (χ4n) is 2.50. The highest BCUT2D eigenvalue weighted by atomic mass is 79.9. The Hall–Kier alpha value is -1.16. The molecule has 17 heavy (non-hydrogen) atoms. The van der Waals surface area contributed by atoms with Gasteiger partial charge in [0.2, 0.25) is 0 Å². The van der Waals surface area contributed by atoms with Crippen molar-refractivity contribution in [3.8, 4) is 0 Å². The van der Waals surface area contributed by atoms with Crippen LogP contribution in [-0.2, 0) is 0 Å². The molecular formula is C13H14BrN3. The van der Waals surface area contributed by atoms with Gasteiger partial charge >= 0.3 is 0 Å². The second kappa shape index (κ2) is 4.26. The predicted molar refractivity (Wildman–Crippen MR) is 73.3 cm³/mol. The van der Waals surface area contributed by atoms with Crippen molar-refractivity contribution in [2.45, 2.75) is 25.8 Å². The summed E-state index contributed by atoms with van der Waals surface area (Å²) in [6.07, 6.45) is 4.31. The monoisotopic (exact) mass is 291 g/mol. The zero-order chi connectivity index (χ0) is 11.8. The summed E-state index contributed by atoms with van der Waals surface area (Å²) in [6.45, 7) is 3.34. The number of rotatable bonds is 1. The first kappa shape index (κ1) is 11.0. The molecule has 88 valence electrons. The van der Waals surface area contributed by atoms with Gasteiger partial charge in [-0.25, -0.2) is 0 Å². The fraction of sp³-hybridized carbons (Fsp3) is 0.385. The van der Waals surface area contributed by atoms with E-state index in [9.17, 15) is 0 Å². The third-order valence-corrected chi connectivity index (χ3v) is 3.92. The third-order valence-electron chi connectivity index (χ3n) is 3.43. The van der Waals surface area contributed by atoms with Crippen LogP contribution in [-0.4, -0.2) is 22.8 Å². The van der Waals surface area contributed by atoms with E-state index < -0.39 is 0 Å². The molecule has 2 heterocycles. The normalized spacial score (nSPS) is 20.1. The van der Waals surface area contributed by atoms with Crippen LogP contribution < -0.4 is 4.90 Å². The Morgan fingerprint density at radius 3 is 3.06 bits per heavy atom. The summed E-state index contributed by atoms with van der Waals surface area (Å²) >= 11 is 3.49. The molecule has 3 nitrogen and oxygen atoms in total. The maximum absolute atomic E-state index is 4.33. The van der Waals surface area contributed by atoms with E-state index in [4.69, 9.17) is 0 Å². The van der Waals surface area contributed by atoms with E-state index in [1.165, 1.54) is 18.2 Å². The van der Waals surface area contributed by atoms with Gasteiger partial charge in [-0.1, -0.05) is 15.9 Å². The molecule has 1 aliphatic heterocycles. The number of nitrogens with zero attached hydrogens (tertiary/aromatic N) is 3. The van der Waals surface area contributed by atoms with Crippen molar-refractivity contribution in [1.82, 2.24) is 10.2 Å². The smallest absolute Gasteiger partial charge is 0.159 e. The fourth-order valence-corrected chi connectivity index (χ4v) is 2.88.